The minimum Gasteiger partial charge on any atom is -0.496 e. The molecule has 1 aromatic rings. The molecule has 0 saturated heterocycles. The van der Waals surface area contributed by atoms with Crippen molar-refractivity contribution in [3.63, 3.8) is 0 Å². The number of aryl methyl sites for hydroxylation is 1. The van der Waals surface area contributed by atoms with Crippen LogP contribution in [0.5, 0.6) is 5.75 Å². The predicted molar refractivity (Wildman–Crippen MR) is 71.5 cm³/mol. The van der Waals surface area contributed by atoms with E-state index in [0.29, 0.717) is 11.3 Å². The Morgan fingerprint density at radius 3 is 2.53 bits per heavy atom. The highest BCUT2D eigenvalue weighted by molar-refractivity contribution is 5.95. The summed E-state index contributed by atoms with van der Waals surface area (Å²) in [6, 6.07) is 5.11. The average molecular weight is 265 g/mol. The van der Waals surface area contributed by atoms with Gasteiger partial charge in [-0.3, -0.25) is 9.59 Å². The Balaban J connectivity index is 2.77. The lowest BCUT2D eigenvalue weighted by molar-refractivity contribution is -0.146. The van der Waals surface area contributed by atoms with E-state index < -0.39 is 11.4 Å². The second-order valence-electron chi connectivity index (χ2n) is 5.06. The van der Waals surface area contributed by atoms with Gasteiger partial charge in [-0.2, -0.15) is 0 Å². The fraction of sp³-hybridized carbons (Fsp3) is 0.429. The number of carboxylic acid groups (broad SMARTS) is 1. The molecule has 0 aromatic heterocycles. The van der Waals surface area contributed by atoms with Crippen LogP contribution in [-0.2, 0) is 4.79 Å². The fourth-order valence-corrected chi connectivity index (χ4v) is 1.44. The summed E-state index contributed by atoms with van der Waals surface area (Å²) in [7, 11) is 1.54. The first-order valence-electron chi connectivity index (χ1n) is 5.94. The molecule has 0 spiro atoms. The number of aliphatic carboxylic acids is 1. The Hall–Kier alpha value is -2.04. The Labute approximate surface area is 112 Å². The maximum atomic E-state index is 11.9. The van der Waals surface area contributed by atoms with Gasteiger partial charge in [0.15, 0.2) is 0 Å². The number of carbonyl (C=O) groups is 2. The van der Waals surface area contributed by atoms with Crippen LogP contribution < -0.4 is 10.1 Å². The van der Waals surface area contributed by atoms with E-state index in [1.807, 2.05) is 6.92 Å². The van der Waals surface area contributed by atoms with Crippen molar-refractivity contribution in [2.45, 2.75) is 20.8 Å². The number of rotatable bonds is 5. The van der Waals surface area contributed by atoms with Crippen LogP contribution in [0.4, 0.5) is 0 Å². The number of methoxy groups -OCH3 is 1. The van der Waals surface area contributed by atoms with E-state index in [1.54, 1.807) is 32.0 Å². The van der Waals surface area contributed by atoms with Crippen LogP contribution in [0, 0.1) is 12.3 Å². The minimum absolute atomic E-state index is 0.0668. The molecule has 0 heterocycles. The van der Waals surface area contributed by atoms with Crippen molar-refractivity contribution in [2.24, 2.45) is 5.41 Å². The molecule has 0 aliphatic rings. The molecule has 0 atom stereocenters. The number of amides is 1. The van der Waals surface area contributed by atoms with Gasteiger partial charge >= 0.3 is 5.97 Å². The summed E-state index contributed by atoms with van der Waals surface area (Å²) in [5, 5.41) is 11.6. The quantitative estimate of drug-likeness (QED) is 0.851. The molecule has 0 bridgehead atoms. The first kappa shape index (κ1) is 15.0. The summed E-state index contributed by atoms with van der Waals surface area (Å²) in [6.07, 6.45) is 0. The Bertz CT molecular complexity index is 494. The zero-order valence-corrected chi connectivity index (χ0v) is 11.6. The van der Waals surface area contributed by atoms with Gasteiger partial charge in [0, 0.05) is 12.1 Å². The van der Waals surface area contributed by atoms with Crippen LogP contribution in [0.25, 0.3) is 0 Å². The van der Waals surface area contributed by atoms with E-state index in [4.69, 9.17) is 9.84 Å². The van der Waals surface area contributed by atoms with Gasteiger partial charge in [0.25, 0.3) is 5.91 Å². The third kappa shape index (κ3) is 3.71. The van der Waals surface area contributed by atoms with Gasteiger partial charge in [0.05, 0.1) is 12.5 Å². The lowest BCUT2D eigenvalue weighted by Gasteiger charge is -2.19. The third-order valence-corrected chi connectivity index (χ3v) is 2.94. The average Bonchev–Trinajstić information content (AvgIpc) is 2.36. The summed E-state index contributed by atoms with van der Waals surface area (Å²) in [5.41, 5.74) is 0.387. The van der Waals surface area contributed by atoms with Crippen molar-refractivity contribution in [2.75, 3.05) is 13.7 Å². The Kier molecular flexibility index (Phi) is 4.53. The highest BCUT2D eigenvalue weighted by atomic mass is 16.5. The van der Waals surface area contributed by atoms with E-state index >= 15 is 0 Å². The molecular formula is C14H19NO4. The number of nitrogens with one attached hydrogen (secondary N) is 1. The molecule has 5 heteroatoms. The number of benzene rings is 1. The first-order valence-corrected chi connectivity index (χ1v) is 5.94. The molecule has 1 aromatic carbocycles. The van der Waals surface area contributed by atoms with Crippen LogP contribution in [0.2, 0.25) is 0 Å². The zero-order valence-electron chi connectivity index (χ0n) is 11.6. The molecule has 0 unspecified atom stereocenters. The normalized spacial score (nSPS) is 10.9. The predicted octanol–water partition coefficient (Wildman–Crippen LogP) is 1.84. The van der Waals surface area contributed by atoms with Crippen molar-refractivity contribution in [3.8, 4) is 5.75 Å². The van der Waals surface area contributed by atoms with E-state index in [-0.39, 0.29) is 12.5 Å². The molecule has 0 aliphatic carbocycles. The van der Waals surface area contributed by atoms with Crippen molar-refractivity contribution in [1.29, 1.82) is 0 Å². The summed E-state index contributed by atoms with van der Waals surface area (Å²) in [4.78, 5) is 22.9. The molecule has 0 fully saturated rings. The highest BCUT2D eigenvalue weighted by Gasteiger charge is 2.27. The monoisotopic (exact) mass is 265 g/mol. The molecule has 104 valence electrons. The van der Waals surface area contributed by atoms with Gasteiger partial charge in [0.1, 0.15) is 5.75 Å². The number of ether oxygens (including phenoxy) is 1. The number of carbonyl (C=O) groups excluding carboxylic acids is 1. The summed E-state index contributed by atoms with van der Waals surface area (Å²) in [6.45, 7) is 5.07. The van der Waals surface area contributed by atoms with Crippen LogP contribution in [-0.4, -0.2) is 30.6 Å². The van der Waals surface area contributed by atoms with Crippen LogP contribution in [0.1, 0.15) is 29.8 Å². The van der Waals surface area contributed by atoms with Crippen molar-refractivity contribution >= 4 is 11.9 Å². The summed E-state index contributed by atoms with van der Waals surface area (Å²) < 4.78 is 5.15. The van der Waals surface area contributed by atoms with E-state index in [9.17, 15) is 9.59 Å². The molecule has 5 nitrogen and oxygen atoms in total. The second kappa shape index (κ2) is 5.73. The molecular weight excluding hydrogens is 246 g/mol. The van der Waals surface area contributed by atoms with Crippen molar-refractivity contribution < 1.29 is 19.4 Å². The SMILES string of the molecule is COc1cc(C(=O)NCC(C)(C)C(=O)O)ccc1C. The van der Waals surface area contributed by atoms with E-state index in [0.717, 1.165) is 5.56 Å². The van der Waals surface area contributed by atoms with Gasteiger partial charge < -0.3 is 15.2 Å². The molecule has 2 N–H and O–H groups in total. The maximum Gasteiger partial charge on any atom is 0.310 e. The molecule has 19 heavy (non-hydrogen) atoms. The Morgan fingerprint density at radius 1 is 1.37 bits per heavy atom. The first-order chi connectivity index (χ1) is 8.77. The van der Waals surface area contributed by atoms with Crippen LogP contribution in [0.3, 0.4) is 0 Å². The van der Waals surface area contributed by atoms with Crippen molar-refractivity contribution in [3.05, 3.63) is 29.3 Å². The molecule has 0 saturated carbocycles. The standard InChI is InChI=1S/C14H19NO4/c1-9-5-6-10(7-11(9)19-4)12(16)15-8-14(2,3)13(17)18/h5-7H,8H2,1-4H3,(H,15,16)(H,17,18). The molecule has 0 aliphatic heterocycles. The molecule has 0 radical (unpaired) electrons. The summed E-state index contributed by atoms with van der Waals surface area (Å²) >= 11 is 0. The van der Waals surface area contributed by atoms with Crippen LogP contribution >= 0.6 is 0 Å². The molecule has 1 rings (SSSR count). The largest absolute Gasteiger partial charge is 0.496 e. The van der Waals surface area contributed by atoms with Gasteiger partial charge in [-0.15, -0.1) is 0 Å². The Morgan fingerprint density at radius 2 is 2.00 bits per heavy atom. The minimum atomic E-state index is -0.996. The lowest BCUT2D eigenvalue weighted by atomic mass is 9.94. The fourth-order valence-electron chi connectivity index (χ4n) is 1.44. The van der Waals surface area contributed by atoms with E-state index in [1.165, 1.54) is 7.11 Å². The topological polar surface area (TPSA) is 75.6 Å². The van der Waals surface area contributed by atoms with Gasteiger partial charge in [-0.25, -0.2) is 0 Å². The highest BCUT2D eigenvalue weighted by Crippen LogP contribution is 2.19. The van der Waals surface area contributed by atoms with Gasteiger partial charge in [0.2, 0.25) is 0 Å². The second-order valence-corrected chi connectivity index (χ2v) is 5.06. The third-order valence-electron chi connectivity index (χ3n) is 2.94. The lowest BCUT2D eigenvalue weighted by Crippen LogP contribution is -2.38. The smallest absolute Gasteiger partial charge is 0.310 e. The van der Waals surface area contributed by atoms with Crippen molar-refractivity contribution in [1.82, 2.24) is 5.32 Å². The number of carboxylic acids is 1. The zero-order chi connectivity index (χ0) is 14.6. The molecule has 1 amide bonds. The number of hydrogen-bond donors (Lipinski definition) is 2. The number of hydrogen-bond acceptors (Lipinski definition) is 3. The van der Waals surface area contributed by atoms with Gasteiger partial charge in [-0.05, 0) is 38.5 Å². The maximum absolute atomic E-state index is 11.9. The summed E-state index contributed by atoms with van der Waals surface area (Å²) in [5.74, 6) is -0.632. The van der Waals surface area contributed by atoms with Gasteiger partial charge in [-0.1, -0.05) is 6.07 Å². The van der Waals surface area contributed by atoms with Crippen LogP contribution in [0.15, 0.2) is 18.2 Å². The van der Waals surface area contributed by atoms with E-state index in [2.05, 4.69) is 5.32 Å².